The van der Waals surface area contributed by atoms with Crippen molar-refractivity contribution in [2.75, 3.05) is 0 Å². The zero-order valence-electron chi connectivity index (χ0n) is 11.2. The van der Waals surface area contributed by atoms with Gasteiger partial charge in [-0.25, -0.2) is 4.79 Å². The molecule has 0 aromatic rings. The van der Waals surface area contributed by atoms with Crippen molar-refractivity contribution in [1.82, 2.24) is 0 Å². The predicted molar refractivity (Wildman–Crippen MR) is 74.9 cm³/mol. The van der Waals surface area contributed by atoms with Gasteiger partial charge in [-0.1, -0.05) is 0 Å². The van der Waals surface area contributed by atoms with E-state index in [0.29, 0.717) is 5.05 Å². The van der Waals surface area contributed by atoms with Crippen molar-refractivity contribution in [1.29, 1.82) is 0 Å². The van der Waals surface area contributed by atoms with Gasteiger partial charge < -0.3 is 14.6 Å². The Balaban J connectivity index is 1.68. The van der Waals surface area contributed by atoms with Crippen molar-refractivity contribution >= 4 is 23.2 Å². The van der Waals surface area contributed by atoms with Crippen LogP contribution >= 0.6 is 12.2 Å². The smallest absolute Gasteiger partial charge is 0.335 e. The Hall–Kier alpha value is -0.680. The summed E-state index contributed by atoms with van der Waals surface area (Å²) in [4.78, 5) is 11.7. The number of carbonyl (C=O) groups excluding carboxylic acids is 1. The van der Waals surface area contributed by atoms with Crippen molar-refractivity contribution < 1.29 is 19.4 Å². The lowest BCUT2D eigenvalue weighted by molar-refractivity contribution is -0.158. The summed E-state index contributed by atoms with van der Waals surface area (Å²) >= 11 is 5.08. The van der Waals surface area contributed by atoms with Gasteiger partial charge in [-0.2, -0.15) is 0 Å². The first-order chi connectivity index (χ1) is 9.15. The van der Waals surface area contributed by atoms with Crippen molar-refractivity contribution in [3.05, 3.63) is 0 Å². The summed E-state index contributed by atoms with van der Waals surface area (Å²) < 4.78 is 10.8. The molecule has 108 valence electrons. The largest absolute Gasteiger partial charge is 0.484 e. The molecule has 2 aliphatic rings. The van der Waals surface area contributed by atoms with Crippen molar-refractivity contribution in [2.45, 2.75) is 76.1 Å². The highest BCUT2D eigenvalue weighted by Gasteiger charge is 2.26. The summed E-state index contributed by atoms with van der Waals surface area (Å²) in [5.41, 5.74) is 0. The maximum absolute atomic E-state index is 11.7. The van der Waals surface area contributed by atoms with Crippen LogP contribution in [0.25, 0.3) is 0 Å². The molecule has 19 heavy (non-hydrogen) atoms. The molecule has 0 aromatic carbocycles. The lowest BCUT2D eigenvalue weighted by Crippen LogP contribution is -2.30. The van der Waals surface area contributed by atoms with Gasteiger partial charge in [0, 0.05) is 0 Å². The van der Waals surface area contributed by atoms with Gasteiger partial charge in [0.05, 0.1) is 12.5 Å². The first-order valence-corrected chi connectivity index (χ1v) is 7.64. The van der Waals surface area contributed by atoms with Crippen LogP contribution in [0.3, 0.4) is 0 Å². The standard InChI is InChI=1S/C14H22O4S/c15-12(14(16)18-11-7-3-4-8-11)9-13(19)17-10-5-1-2-6-10/h10-12,15H,1-9H2. The molecule has 2 fully saturated rings. The number of rotatable bonds is 5. The fourth-order valence-electron chi connectivity index (χ4n) is 2.73. The molecule has 0 spiro atoms. The van der Waals surface area contributed by atoms with Gasteiger partial charge in [-0.3, -0.25) is 0 Å². The fraction of sp³-hybridized carbons (Fsp3) is 0.857. The van der Waals surface area contributed by atoms with E-state index in [2.05, 4.69) is 0 Å². The van der Waals surface area contributed by atoms with Gasteiger partial charge in [0.1, 0.15) is 6.10 Å². The number of carbonyl (C=O) groups is 1. The van der Waals surface area contributed by atoms with E-state index in [4.69, 9.17) is 21.7 Å². The molecule has 2 rings (SSSR count). The third kappa shape index (κ3) is 4.73. The van der Waals surface area contributed by atoms with Gasteiger partial charge in [-0.15, -0.1) is 0 Å². The Bertz CT molecular complexity index is 319. The number of esters is 1. The minimum Gasteiger partial charge on any atom is -0.484 e. The molecule has 4 nitrogen and oxygen atoms in total. The molecule has 5 heteroatoms. The third-order valence-corrected chi connectivity index (χ3v) is 4.08. The topological polar surface area (TPSA) is 55.8 Å². The molecule has 0 bridgehead atoms. The molecule has 0 aromatic heterocycles. The number of ether oxygens (including phenoxy) is 2. The zero-order valence-corrected chi connectivity index (χ0v) is 12.0. The number of thiocarbonyl (C=S) groups is 1. The molecule has 1 atom stereocenters. The number of hydrogen-bond acceptors (Lipinski definition) is 5. The van der Waals surface area contributed by atoms with Crippen LogP contribution in [0.5, 0.6) is 0 Å². The van der Waals surface area contributed by atoms with Crippen LogP contribution in [0, 0.1) is 0 Å². The van der Waals surface area contributed by atoms with Gasteiger partial charge >= 0.3 is 5.97 Å². The molecule has 0 heterocycles. The maximum Gasteiger partial charge on any atom is 0.335 e. The lowest BCUT2D eigenvalue weighted by atomic mass is 10.2. The second kappa shape index (κ2) is 7.20. The molecule has 0 aliphatic heterocycles. The highest BCUT2D eigenvalue weighted by Crippen LogP contribution is 2.23. The molecule has 2 aliphatic carbocycles. The van der Waals surface area contributed by atoms with Gasteiger partial charge in [0.15, 0.2) is 11.2 Å². The second-order valence-corrected chi connectivity index (χ2v) is 5.91. The lowest BCUT2D eigenvalue weighted by Gasteiger charge is -2.17. The van der Waals surface area contributed by atoms with Crippen LogP contribution in [0.15, 0.2) is 0 Å². The normalized spacial score (nSPS) is 22.4. The van der Waals surface area contributed by atoms with E-state index >= 15 is 0 Å². The summed E-state index contributed by atoms with van der Waals surface area (Å²) in [5.74, 6) is -0.565. The first-order valence-electron chi connectivity index (χ1n) is 7.23. The average Bonchev–Trinajstić information content (AvgIpc) is 3.01. The third-order valence-electron chi connectivity index (χ3n) is 3.82. The minimum atomic E-state index is -1.19. The number of aliphatic hydroxyl groups is 1. The average molecular weight is 286 g/mol. The molecule has 0 radical (unpaired) electrons. The monoisotopic (exact) mass is 286 g/mol. The van der Waals surface area contributed by atoms with Crippen LogP contribution in [0.4, 0.5) is 0 Å². The van der Waals surface area contributed by atoms with Crippen molar-refractivity contribution in [3.8, 4) is 0 Å². The van der Waals surface area contributed by atoms with E-state index in [1.807, 2.05) is 0 Å². The van der Waals surface area contributed by atoms with Crippen LogP contribution in [-0.2, 0) is 14.3 Å². The Morgan fingerprint density at radius 3 is 2.05 bits per heavy atom. The van der Waals surface area contributed by atoms with Gasteiger partial charge in [-0.05, 0) is 63.6 Å². The summed E-state index contributed by atoms with van der Waals surface area (Å²) in [6.07, 6.45) is 7.39. The molecule has 2 saturated carbocycles. The first kappa shape index (κ1) is 14.7. The maximum atomic E-state index is 11.7. The second-order valence-electron chi connectivity index (χ2n) is 5.46. The van der Waals surface area contributed by atoms with E-state index in [1.165, 1.54) is 12.8 Å². The van der Waals surface area contributed by atoms with Crippen LogP contribution < -0.4 is 0 Å². The van der Waals surface area contributed by atoms with E-state index in [1.54, 1.807) is 0 Å². The van der Waals surface area contributed by atoms with Crippen LogP contribution in [-0.4, -0.2) is 34.4 Å². The minimum absolute atomic E-state index is 0.0218. The summed E-state index contributed by atoms with van der Waals surface area (Å²) in [7, 11) is 0. The molecular formula is C14H22O4S. The Labute approximate surface area is 119 Å². The molecule has 0 amide bonds. The zero-order chi connectivity index (χ0) is 13.7. The molecule has 0 saturated heterocycles. The number of hydrogen-bond donors (Lipinski definition) is 1. The summed E-state index contributed by atoms with van der Waals surface area (Å²) in [5, 5.41) is 10.1. The van der Waals surface area contributed by atoms with E-state index in [-0.39, 0.29) is 18.6 Å². The van der Waals surface area contributed by atoms with Gasteiger partial charge in [0.2, 0.25) is 0 Å². The highest BCUT2D eigenvalue weighted by molar-refractivity contribution is 7.80. The quantitative estimate of drug-likeness (QED) is 0.621. The Kier molecular flexibility index (Phi) is 5.58. The fourth-order valence-corrected chi connectivity index (χ4v) is 3.02. The summed E-state index contributed by atoms with van der Waals surface area (Å²) in [6.45, 7) is 0. The molecule has 1 N–H and O–H groups in total. The number of aliphatic hydroxyl groups excluding tert-OH is 1. The van der Waals surface area contributed by atoms with Crippen molar-refractivity contribution in [2.24, 2.45) is 0 Å². The van der Waals surface area contributed by atoms with Crippen LogP contribution in [0.1, 0.15) is 57.8 Å². The van der Waals surface area contributed by atoms with E-state index in [9.17, 15) is 9.90 Å². The molecular weight excluding hydrogens is 264 g/mol. The van der Waals surface area contributed by atoms with E-state index < -0.39 is 12.1 Å². The predicted octanol–water partition coefficient (Wildman–Crippen LogP) is 2.51. The summed E-state index contributed by atoms with van der Waals surface area (Å²) in [6, 6.07) is 0. The molecule has 1 unspecified atom stereocenters. The van der Waals surface area contributed by atoms with E-state index in [0.717, 1.165) is 38.5 Å². The Morgan fingerprint density at radius 2 is 1.53 bits per heavy atom. The van der Waals surface area contributed by atoms with Crippen molar-refractivity contribution in [3.63, 3.8) is 0 Å². The highest BCUT2D eigenvalue weighted by atomic mass is 32.1. The van der Waals surface area contributed by atoms with Gasteiger partial charge in [0.25, 0.3) is 0 Å². The Morgan fingerprint density at radius 1 is 1.05 bits per heavy atom. The van der Waals surface area contributed by atoms with Crippen LogP contribution in [0.2, 0.25) is 0 Å². The SMILES string of the molecule is O=C(OC1CCCC1)C(O)CC(=S)OC1CCCC1.